The van der Waals surface area contributed by atoms with E-state index in [-0.39, 0.29) is 17.2 Å². The van der Waals surface area contributed by atoms with Gasteiger partial charge in [-0.25, -0.2) is 9.67 Å². The van der Waals surface area contributed by atoms with Crippen LogP contribution in [0.3, 0.4) is 0 Å². The van der Waals surface area contributed by atoms with E-state index in [9.17, 15) is 9.59 Å². The molecule has 1 aliphatic rings. The maximum absolute atomic E-state index is 12.6. The lowest BCUT2D eigenvalue weighted by molar-refractivity contribution is -0.113. The normalized spacial score (nSPS) is 13.4. The van der Waals surface area contributed by atoms with Gasteiger partial charge in [-0.15, -0.1) is 0 Å². The van der Waals surface area contributed by atoms with E-state index in [4.69, 9.17) is 5.10 Å². The van der Waals surface area contributed by atoms with Crippen LogP contribution in [0.1, 0.15) is 43.5 Å². The second-order valence-corrected chi connectivity index (χ2v) is 8.07. The topological polar surface area (TPSA) is 92.7 Å². The van der Waals surface area contributed by atoms with Crippen LogP contribution in [0.25, 0.3) is 5.69 Å². The van der Waals surface area contributed by atoms with Gasteiger partial charge in [-0.3, -0.25) is 9.59 Å². The number of nitrogens with zero attached hydrogens (tertiary/aromatic N) is 3. The molecule has 4 rings (SSSR count). The second kappa shape index (κ2) is 8.65. The molecular weight excluding hydrogens is 386 g/mol. The van der Waals surface area contributed by atoms with E-state index >= 15 is 0 Å². The summed E-state index contributed by atoms with van der Waals surface area (Å²) < 4.78 is 1.78. The molecule has 1 aromatic carbocycles. The van der Waals surface area contributed by atoms with Gasteiger partial charge in [0.2, 0.25) is 5.91 Å². The third-order valence-electron chi connectivity index (χ3n) is 4.61. The van der Waals surface area contributed by atoms with Crippen molar-refractivity contribution in [1.29, 1.82) is 0 Å². The molecule has 1 aliphatic carbocycles. The number of amides is 1. The fourth-order valence-electron chi connectivity index (χ4n) is 3.08. The van der Waals surface area contributed by atoms with Crippen LogP contribution in [-0.2, 0) is 11.2 Å². The largest absolute Gasteiger partial charge is 0.310 e. The zero-order valence-corrected chi connectivity index (χ0v) is 17.0. The first-order valence-electron chi connectivity index (χ1n) is 9.80. The molecule has 7 nitrogen and oxygen atoms in total. The summed E-state index contributed by atoms with van der Waals surface area (Å²) in [6.07, 6.45) is 3.93. The fourth-order valence-corrected chi connectivity index (χ4v) is 3.78. The first kappa shape index (κ1) is 19.4. The summed E-state index contributed by atoms with van der Waals surface area (Å²) in [5.41, 5.74) is 2.47. The molecule has 3 aromatic rings. The Labute approximate surface area is 173 Å². The summed E-state index contributed by atoms with van der Waals surface area (Å²) in [7, 11) is 0. The summed E-state index contributed by atoms with van der Waals surface area (Å²) >= 11 is 1.22. The van der Waals surface area contributed by atoms with E-state index in [1.54, 1.807) is 4.68 Å². The van der Waals surface area contributed by atoms with Gasteiger partial charge in [-0.1, -0.05) is 43.3 Å². The highest BCUT2D eigenvalue weighted by atomic mass is 32.2. The average molecular weight is 410 g/mol. The summed E-state index contributed by atoms with van der Waals surface area (Å²) in [5.74, 6) is 1.13. The molecule has 0 radical (unpaired) electrons. The van der Waals surface area contributed by atoms with E-state index < -0.39 is 0 Å². The van der Waals surface area contributed by atoms with Crippen LogP contribution in [0.15, 0.2) is 52.4 Å². The van der Waals surface area contributed by atoms with Gasteiger partial charge in [0.15, 0.2) is 5.16 Å². The van der Waals surface area contributed by atoms with Gasteiger partial charge < -0.3 is 10.3 Å². The highest BCUT2D eigenvalue weighted by Gasteiger charge is 2.28. The third kappa shape index (κ3) is 4.95. The zero-order chi connectivity index (χ0) is 20.2. The highest BCUT2D eigenvalue weighted by molar-refractivity contribution is 7.99. The van der Waals surface area contributed by atoms with Crippen molar-refractivity contribution in [2.75, 3.05) is 11.1 Å². The maximum Gasteiger partial charge on any atom is 0.251 e. The number of carbonyl (C=O) groups is 1. The number of H-pyrrole nitrogens is 1. The molecule has 2 N–H and O–H groups in total. The molecule has 2 heterocycles. The van der Waals surface area contributed by atoms with Gasteiger partial charge in [0.25, 0.3) is 5.56 Å². The lowest BCUT2D eigenvalue weighted by Gasteiger charge is -2.09. The minimum absolute atomic E-state index is 0.150. The predicted octanol–water partition coefficient (Wildman–Crippen LogP) is 3.52. The Morgan fingerprint density at radius 3 is 2.79 bits per heavy atom. The van der Waals surface area contributed by atoms with Crippen molar-refractivity contribution in [2.24, 2.45) is 0 Å². The highest BCUT2D eigenvalue weighted by Crippen LogP contribution is 2.40. The molecule has 0 aliphatic heterocycles. The van der Waals surface area contributed by atoms with Crippen LogP contribution >= 0.6 is 11.8 Å². The molecule has 1 amide bonds. The number of hydrogen-bond acceptors (Lipinski definition) is 5. The molecule has 0 bridgehead atoms. The van der Waals surface area contributed by atoms with Crippen molar-refractivity contribution >= 4 is 23.5 Å². The lowest BCUT2D eigenvalue weighted by Crippen LogP contribution is -2.18. The van der Waals surface area contributed by atoms with Crippen LogP contribution < -0.4 is 10.9 Å². The van der Waals surface area contributed by atoms with Crippen molar-refractivity contribution in [3.8, 4) is 5.69 Å². The molecule has 150 valence electrons. The summed E-state index contributed by atoms with van der Waals surface area (Å²) in [4.78, 5) is 31.4. The predicted molar refractivity (Wildman–Crippen MR) is 114 cm³/mol. The van der Waals surface area contributed by atoms with E-state index in [2.05, 4.69) is 15.3 Å². The van der Waals surface area contributed by atoms with Gasteiger partial charge in [0, 0.05) is 23.7 Å². The molecule has 0 spiro atoms. The average Bonchev–Trinajstić information content (AvgIpc) is 3.48. The Balaban J connectivity index is 1.47. The van der Waals surface area contributed by atoms with Gasteiger partial charge in [0.1, 0.15) is 5.82 Å². The minimum Gasteiger partial charge on any atom is -0.310 e. The Morgan fingerprint density at radius 2 is 2.07 bits per heavy atom. The number of carbonyl (C=O) groups excluding carboxylic acids is 1. The molecule has 29 heavy (non-hydrogen) atoms. The van der Waals surface area contributed by atoms with Crippen molar-refractivity contribution in [2.45, 2.75) is 43.7 Å². The number of anilines is 1. The quantitative estimate of drug-likeness (QED) is 0.439. The van der Waals surface area contributed by atoms with Crippen molar-refractivity contribution in [3.05, 3.63) is 64.2 Å². The maximum atomic E-state index is 12.6. The smallest absolute Gasteiger partial charge is 0.251 e. The Bertz CT molecular complexity index is 1060. The lowest BCUT2D eigenvalue weighted by atomic mass is 10.2. The zero-order valence-electron chi connectivity index (χ0n) is 16.2. The number of aryl methyl sites for hydroxylation is 1. The number of aromatic amines is 1. The number of aromatic nitrogens is 4. The monoisotopic (exact) mass is 409 g/mol. The SMILES string of the molecule is CCCc1cc(=O)[nH]c(SCC(=O)Nc2cc(C3CC3)nn2-c2ccccc2)n1. The third-order valence-corrected chi connectivity index (χ3v) is 5.48. The number of nitrogens with one attached hydrogen (secondary N) is 2. The Kier molecular flexibility index (Phi) is 5.80. The number of benzene rings is 1. The van der Waals surface area contributed by atoms with E-state index in [0.717, 1.165) is 42.8 Å². The van der Waals surface area contributed by atoms with Crippen LogP contribution in [-0.4, -0.2) is 31.4 Å². The standard InChI is InChI=1S/C21H23N5O2S/c1-2-6-15-11-19(27)24-21(22-15)29-13-20(28)23-18-12-17(14-9-10-14)25-26(18)16-7-4-3-5-8-16/h3-5,7-8,11-12,14H,2,6,9-10,13H2,1H3,(H,23,28)(H,22,24,27). The minimum atomic E-state index is -0.192. The van der Waals surface area contributed by atoms with Gasteiger partial charge in [0.05, 0.1) is 17.1 Å². The van der Waals surface area contributed by atoms with Crippen LogP contribution in [0.4, 0.5) is 5.82 Å². The molecule has 0 atom stereocenters. The molecule has 8 heteroatoms. The van der Waals surface area contributed by atoms with Crippen LogP contribution in [0, 0.1) is 0 Å². The molecule has 0 saturated heterocycles. The Hall–Kier alpha value is -2.87. The van der Waals surface area contributed by atoms with E-state index in [1.165, 1.54) is 17.8 Å². The number of hydrogen-bond donors (Lipinski definition) is 2. The van der Waals surface area contributed by atoms with Crippen molar-refractivity contribution in [3.63, 3.8) is 0 Å². The summed E-state index contributed by atoms with van der Waals surface area (Å²) in [6, 6.07) is 13.2. The van der Waals surface area contributed by atoms with Crippen LogP contribution in [0.5, 0.6) is 0 Å². The first-order valence-corrected chi connectivity index (χ1v) is 10.8. The molecule has 0 unspecified atom stereocenters. The van der Waals surface area contributed by atoms with Gasteiger partial charge >= 0.3 is 0 Å². The van der Waals surface area contributed by atoms with Crippen LogP contribution in [0.2, 0.25) is 0 Å². The van der Waals surface area contributed by atoms with E-state index in [1.807, 2.05) is 43.3 Å². The van der Waals surface area contributed by atoms with Crippen molar-refractivity contribution < 1.29 is 4.79 Å². The number of thioether (sulfide) groups is 1. The van der Waals surface area contributed by atoms with Gasteiger partial charge in [-0.2, -0.15) is 5.10 Å². The first-order chi connectivity index (χ1) is 14.1. The second-order valence-electron chi connectivity index (χ2n) is 7.10. The molecule has 1 saturated carbocycles. The summed E-state index contributed by atoms with van der Waals surface area (Å²) in [5, 5.41) is 8.11. The Morgan fingerprint density at radius 1 is 1.28 bits per heavy atom. The van der Waals surface area contributed by atoms with Gasteiger partial charge in [-0.05, 0) is 31.4 Å². The summed E-state index contributed by atoms with van der Waals surface area (Å²) in [6.45, 7) is 2.04. The van der Waals surface area contributed by atoms with Crippen molar-refractivity contribution in [1.82, 2.24) is 19.7 Å². The number of rotatable bonds is 8. The number of para-hydroxylation sites is 1. The molecular formula is C21H23N5O2S. The van der Waals surface area contributed by atoms with E-state index in [0.29, 0.717) is 16.9 Å². The molecule has 2 aromatic heterocycles. The fraction of sp³-hybridized carbons (Fsp3) is 0.333. The molecule has 1 fully saturated rings.